The molecule has 0 aromatic carbocycles. The fourth-order valence-electron chi connectivity index (χ4n) is 2.07. The largest absolute Gasteiger partial charge is 0.316 e. The van der Waals surface area contributed by atoms with Crippen molar-refractivity contribution in [3.63, 3.8) is 0 Å². The van der Waals surface area contributed by atoms with Gasteiger partial charge in [0.25, 0.3) is 0 Å². The normalized spacial score (nSPS) is 22.9. The first-order valence-corrected chi connectivity index (χ1v) is 5.71. The van der Waals surface area contributed by atoms with Crippen LogP contribution in [0.3, 0.4) is 0 Å². The van der Waals surface area contributed by atoms with Crippen LogP contribution in [0, 0.1) is 0 Å². The molecular formula is C13H19N. The molecule has 14 heavy (non-hydrogen) atoms. The maximum Gasteiger partial charge on any atom is -0.00113 e. The van der Waals surface area contributed by atoms with Gasteiger partial charge in [0.2, 0.25) is 0 Å². The highest BCUT2D eigenvalue weighted by Gasteiger charge is 2.05. The first kappa shape index (κ1) is 9.72. The number of allylic oxidation sites excluding steroid dienone is 5. The van der Waals surface area contributed by atoms with Crippen LogP contribution >= 0.6 is 0 Å². The van der Waals surface area contributed by atoms with Crippen molar-refractivity contribution in [1.29, 1.82) is 0 Å². The quantitative estimate of drug-likeness (QED) is 0.668. The van der Waals surface area contributed by atoms with Crippen LogP contribution in [0.1, 0.15) is 32.1 Å². The number of rotatable bonds is 1. The lowest BCUT2D eigenvalue weighted by Gasteiger charge is -2.15. The molecule has 0 amide bonds. The number of piperidine rings is 1. The van der Waals surface area contributed by atoms with E-state index in [9.17, 15) is 0 Å². The zero-order chi connectivity index (χ0) is 9.64. The summed E-state index contributed by atoms with van der Waals surface area (Å²) in [6.45, 7) is 2.32. The van der Waals surface area contributed by atoms with Crippen molar-refractivity contribution >= 4 is 0 Å². The van der Waals surface area contributed by atoms with Gasteiger partial charge in [-0.2, -0.15) is 0 Å². The molecule has 1 fully saturated rings. The molecular weight excluding hydrogens is 170 g/mol. The van der Waals surface area contributed by atoms with Crippen LogP contribution in [-0.4, -0.2) is 13.1 Å². The Morgan fingerprint density at radius 3 is 2.86 bits per heavy atom. The molecule has 0 aromatic heterocycles. The molecule has 1 N–H and O–H groups in total. The molecule has 2 rings (SSSR count). The van der Waals surface area contributed by atoms with Gasteiger partial charge in [-0.1, -0.05) is 29.9 Å². The summed E-state index contributed by atoms with van der Waals surface area (Å²) in [6.07, 6.45) is 15.5. The smallest absolute Gasteiger partial charge is 0.00113 e. The van der Waals surface area contributed by atoms with Crippen molar-refractivity contribution in [2.24, 2.45) is 0 Å². The third-order valence-electron chi connectivity index (χ3n) is 2.92. The van der Waals surface area contributed by atoms with Crippen molar-refractivity contribution in [1.82, 2.24) is 5.32 Å². The lowest BCUT2D eigenvalue weighted by molar-refractivity contribution is 0.609. The molecule has 2 aliphatic rings. The lowest BCUT2D eigenvalue weighted by Crippen LogP contribution is -2.23. The third kappa shape index (κ3) is 2.85. The van der Waals surface area contributed by atoms with Crippen LogP contribution in [0.4, 0.5) is 0 Å². The van der Waals surface area contributed by atoms with Gasteiger partial charge in [0, 0.05) is 0 Å². The summed E-state index contributed by atoms with van der Waals surface area (Å²) >= 11 is 0. The van der Waals surface area contributed by atoms with E-state index in [1.807, 2.05) is 0 Å². The molecule has 1 aliphatic carbocycles. The van der Waals surface area contributed by atoms with Gasteiger partial charge in [-0.3, -0.25) is 0 Å². The standard InChI is InChI=1S/C13H19N/c1-2-4-6-12(5-3-1)11-13-7-9-14-10-8-13/h1,3,5,11,14H,2,4,6-10H2. The third-order valence-corrected chi connectivity index (χ3v) is 2.92. The highest BCUT2D eigenvalue weighted by Crippen LogP contribution is 2.19. The predicted octanol–water partition coefficient (Wildman–Crippen LogP) is 2.96. The van der Waals surface area contributed by atoms with E-state index >= 15 is 0 Å². The van der Waals surface area contributed by atoms with Gasteiger partial charge in [-0.05, 0) is 50.8 Å². The van der Waals surface area contributed by atoms with Crippen molar-refractivity contribution in [3.8, 4) is 0 Å². The van der Waals surface area contributed by atoms with Crippen LogP contribution < -0.4 is 5.32 Å². The van der Waals surface area contributed by atoms with Crippen molar-refractivity contribution < 1.29 is 0 Å². The van der Waals surface area contributed by atoms with E-state index in [1.54, 1.807) is 5.57 Å². The van der Waals surface area contributed by atoms with Crippen LogP contribution in [0.25, 0.3) is 0 Å². The van der Waals surface area contributed by atoms with Gasteiger partial charge < -0.3 is 5.32 Å². The van der Waals surface area contributed by atoms with Gasteiger partial charge >= 0.3 is 0 Å². The minimum Gasteiger partial charge on any atom is -0.316 e. The highest BCUT2D eigenvalue weighted by molar-refractivity contribution is 5.29. The SMILES string of the molecule is C1=CCCCC(C=C2CCNCC2)=C1. The summed E-state index contributed by atoms with van der Waals surface area (Å²) < 4.78 is 0. The van der Waals surface area contributed by atoms with Crippen molar-refractivity contribution in [2.75, 3.05) is 13.1 Å². The number of hydrogen-bond donors (Lipinski definition) is 1. The summed E-state index contributed by atoms with van der Waals surface area (Å²) in [6, 6.07) is 0. The maximum absolute atomic E-state index is 3.39. The molecule has 0 atom stereocenters. The summed E-state index contributed by atoms with van der Waals surface area (Å²) in [7, 11) is 0. The fraction of sp³-hybridized carbons (Fsp3) is 0.538. The molecule has 0 bridgehead atoms. The van der Waals surface area contributed by atoms with Crippen LogP contribution in [0.5, 0.6) is 0 Å². The van der Waals surface area contributed by atoms with Gasteiger partial charge in [-0.25, -0.2) is 0 Å². The highest BCUT2D eigenvalue weighted by atomic mass is 14.9. The van der Waals surface area contributed by atoms with E-state index in [0.717, 1.165) is 13.1 Å². The van der Waals surface area contributed by atoms with E-state index < -0.39 is 0 Å². The molecule has 0 unspecified atom stereocenters. The molecule has 0 spiro atoms. The Bertz CT molecular complexity index is 263. The Hall–Kier alpha value is -0.820. The molecule has 0 radical (unpaired) electrons. The van der Waals surface area contributed by atoms with Gasteiger partial charge in [0.15, 0.2) is 0 Å². The monoisotopic (exact) mass is 189 g/mol. The first-order valence-electron chi connectivity index (χ1n) is 5.71. The lowest BCUT2D eigenvalue weighted by atomic mass is 10.0. The second-order valence-electron chi connectivity index (χ2n) is 4.11. The van der Waals surface area contributed by atoms with E-state index in [-0.39, 0.29) is 0 Å². The predicted molar refractivity (Wildman–Crippen MR) is 61.3 cm³/mol. The van der Waals surface area contributed by atoms with Gasteiger partial charge in [0.1, 0.15) is 0 Å². The minimum atomic E-state index is 1.16. The molecule has 1 saturated heterocycles. The second kappa shape index (κ2) is 5.16. The fourth-order valence-corrected chi connectivity index (χ4v) is 2.07. The zero-order valence-corrected chi connectivity index (χ0v) is 8.76. The minimum absolute atomic E-state index is 1.16. The zero-order valence-electron chi connectivity index (χ0n) is 8.76. The molecule has 1 heterocycles. The topological polar surface area (TPSA) is 12.0 Å². The molecule has 1 aliphatic heterocycles. The Morgan fingerprint density at radius 2 is 2.00 bits per heavy atom. The van der Waals surface area contributed by atoms with Crippen LogP contribution in [0.15, 0.2) is 35.5 Å². The summed E-state index contributed by atoms with van der Waals surface area (Å²) in [4.78, 5) is 0. The molecule has 1 heteroatoms. The molecule has 1 nitrogen and oxygen atoms in total. The van der Waals surface area contributed by atoms with E-state index in [1.165, 1.54) is 37.7 Å². The number of nitrogens with one attached hydrogen (secondary N) is 1. The Morgan fingerprint density at radius 1 is 1.14 bits per heavy atom. The van der Waals surface area contributed by atoms with Gasteiger partial charge in [0.05, 0.1) is 0 Å². The first-order chi connectivity index (χ1) is 6.95. The summed E-state index contributed by atoms with van der Waals surface area (Å²) in [5.74, 6) is 0. The molecule has 76 valence electrons. The average molecular weight is 189 g/mol. The number of hydrogen-bond acceptors (Lipinski definition) is 1. The van der Waals surface area contributed by atoms with Crippen LogP contribution in [-0.2, 0) is 0 Å². The van der Waals surface area contributed by atoms with Gasteiger partial charge in [-0.15, -0.1) is 0 Å². The summed E-state index contributed by atoms with van der Waals surface area (Å²) in [5.41, 5.74) is 3.15. The Kier molecular flexibility index (Phi) is 3.58. The van der Waals surface area contributed by atoms with Crippen molar-refractivity contribution in [2.45, 2.75) is 32.1 Å². The summed E-state index contributed by atoms with van der Waals surface area (Å²) in [5, 5.41) is 3.39. The molecule has 0 aromatic rings. The van der Waals surface area contributed by atoms with E-state index in [4.69, 9.17) is 0 Å². The maximum atomic E-state index is 3.39. The second-order valence-corrected chi connectivity index (χ2v) is 4.11. The Balaban J connectivity index is 1.99. The van der Waals surface area contributed by atoms with Crippen molar-refractivity contribution in [3.05, 3.63) is 35.5 Å². The van der Waals surface area contributed by atoms with Crippen LogP contribution in [0.2, 0.25) is 0 Å². The Labute approximate surface area is 86.6 Å². The van der Waals surface area contributed by atoms with E-state index in [0.29, 0.717) is 0 Å². The average Bonchev–Trinajstić information content (AvgIpc) is 2.48. The molecule has 0 saturated carbocycles. The van der Waals surface area contributed by atoms with E-state index in [2.05, 4.69) is 29.6 Å².